The Morgan fingerprint density at radius 2 is 1.94 bits per heavy atom. The van der Waals surface area contributed by atoms with Crippen LogP contribution < -0.4 is 10.2 Å². The lowest BCUT2D eigenvalue weighted by atomic mass is 10.1. The number of carbonyl (C=O) groups excluding carboxylic acids is 3. The summed E-state index contributed by atoms with van der Waals surface area (Å²) in [6, 6.07) is 18.4. The van der Waals surface area contributed by atoms with E-state index in [1.807, 2.05) is 42.6 Å². The van der Waals surface area contributed by atoms with Crippen LogP contribution in [0.2, 0.25) is 0 Å². The molecule has 1 aromatic heterocycles. The van der Waals surface area contributed by atoms with Gasteiger partial charge in [-0.2, -0.15) is 0 Å². The van der Waals surface area contributed by atoms with E-state index in [0.29, 0.717) is 6.42 Å². The van der Waals surface area contributed by atoms with Gasteiger partial charge in [-0.1, -0.05) is 42.1 Å². The van der Waals surface area contributed by atoms with Gasteiger partial charge in [-0.25, -0.2) is 0 Å². The van der Waals surface area contributed by atoms with E-state index in [4.69, 9.17) is 4.74 Å². The number of fused-ring (bicyclic) bond motifs is 2. The average Bonchev–Trinajstić information content (AvgIpc) is 3.34. The minimum absolute atomic E-state index is 0.0931. The number of unbranched alkanes of at least 4 members (excludes halogenated alkanes) is 1. The predicted octanol–water partition coefficient (Wildman–Crippen LogP) is 4.27. The van der Waals surface area contributed by atoms with E-state index in [1.165, 1.54) is 4.90 Å². The number of anilines is 1. The number of hydrogen-bond acceptors (Lipinski definition) is 7. The minimum atomic E-state index is -0.994. The zero-order chi connectivity index (χ0) is 23.5. The number of esters is 1. The number of ether oxygens (including phenoxy) is 1. The minimum Gasteiger partial charge on any atom is -0.452 e. The molecule has 1 N–H and O–H groups in total. The van der Waals surface area contributed by atoms with Gasteiger partial charge in [-0.15, -0.1) is 0 Å². The molecule has 0 radical (unpaired) electrons. The molecule has 0 aliphatic carbocycles. The molecule has 2 aliphatic rings. The smallest absolute Gasteiger partial charge is 0.306 e. The third kappa shape index (κ3) is 4.68. The maximum Gasteiger partial charge on any atom is 0.306 e. The maximum absolute atomic E-state index is 12.1. The Morgan fingerprint density at radius 1 is 1.12 bits per heavy atom. The van der Waals surface area contributed by atoms with Crippen molar-refractivity contribution < 1.29 is 19.1 Å². The average molecular weight is 474 g/mol. The molecule has 0 saturated carbocycles. The molecule has 0 spiro atoms. The lowest BCUT2D eigenvalue weighted by Gasteiger charge is -2.20. The molecule has 1 atom stereocenters. The largest absolute Gasteiger partial charge is 0.452 e. The van der Waals surface area contributed by atoms with E-state index in [-0.39, 0.29) is 12.8 Å². The van der Waals surface area contributed by atoms with Crippen molar-refractivity contribution >= 4 is 52.2 Å². The van der Waals surface area contributed by atoms with Crippen molar-refractivity contribution in [3.05, 3.63) is 71.4 Å². The molecule has 1 saturated heterocycles. The summed E-state index contributed by atoms with van der Waals surface area (Å²) in [6.45, 7) is 0.745. The Hall–Kier alpha value is -3.65. The summed E-state index contributed by atoms with van der Waals surface area (Å²) in [7, 11) is 0. The SMILES string of the molecule is O=C1CC(OC(=O)CCCCN2C(=Cc3ccnc4ccccc34)Sc3ccccc32)C(=O)N1. The summed E-state index contributed by atoms with van der Waals surface area (Å²) in [5.41, 5.74) is 3.22. The van der Waals surface area contributed by atoms with Crippen molar-refractivity contribution in [3.8, 4) is 0 Å². The summed E-state index contributed by atoms with van der Waals surface area (Å²) < 4.78 is 5.16. The molecule has 1 unspecified atom stereocenters. The van der Waals surface area contributed by atoms with Gasteiger partial charge in [0.2, 0.25) is 5.91 Å². The van der Waals surface area contributed by atoms with Crippen LogP contribution in [0.25, 0.3) is 17.0 Å². The summed E-state index contributed by atoms with van der Waals surface area (Å²) >= 11 is 1.73. The van der Waals surface area contributed by atoms with Crippen LogP contribution in [0.3, 0.4) is 0 Å². The fraction of sp³-hybridized carbons (Fsp3) is 0.231. The molecule has 34 heavy (non-hydrogen) atoms. The van der Waals surface area contributed by atoms with E-state index in [1.54, 1.807) is 11.8 Å². The number of rotatable bonds is 7. The third-order valence-electron chi connectivity index (χ3n) is 5.81. The first-order valence-corrected chi connectivity index (χ1v) is 12.0. The standard InChI is InChI=1S/C26H23N3O4S/c30-23-16-21(26(32)28-23)33-25(31)11-5-6-14-29-20-9-3-4-10-22(20)34-24(29)15-17-12-13-27-19-8-2-1-7-18(17)19/h1-4,7-10,12-13,15,21H,5-6,11,14,16H2,(H,28,30,32). The van der Waals surface area contributed by atoms with Crippen molar-refractivity contribution in [2.45, 2.75) is 36.7 Å². The Balaban J connectivity index is 1.26. The van der Waals surface area contributed by atoms with Gasteiger partial charge in [0.15, 0.2) is 6.10 Å². The number of para-hydroxylation sites is 2. The second-order valence-electron chi connectivity index (χ2n) is 8.17. The molecule has 3 aromatic rings. The number of nitrogens with zero attached hydrogens (tertiary/aromatic N) is 2. The van der Waals surface area contributed by atoms with Gasteiger partial charge >= 0.3 is 5.97 Å². The summed E-state index contributed by atoms with van der Waals surface area (Å²) in [6.07, 6.45) is 4.53. The molecule has 8 heteroatoms. The van der Waals surface area contributed by atoms with E-state index in [0.717, 1.165) is 40.1 Å². The Kier molecular flexibility index (Phi) is 6.31. The number of pyridine rings is 1. The van der Waals surface area contributed by atoms with E-state index < -0.39 is 23.9 Å². The van der Waals surface area contributed by atoms with Crippen molar-refractivity contribution in [1.29, 1.82) is 0 Å². The van der Waals surface area contributed by atoms with Crippen LogP contribution in [-0.4, -0.2) is 35.4 Å². The lowest BCUT2D eigenvalue weighted by Crippen LogP contribution is -2.28. The maximum atomic E-state index is 12.1. The fourth-order valence-corrected chi connectivity index (χ4v) is 5.29. The number of hydrogen-bond donors (Lipinski definition) is 1. The zero-order valence-corrected chi connectivity index (χ0v) is 19.2. The Bertz CT molecular complexity index is 1300. The highest BCUT2D eigenvalue weighted by atomic mass is 32.2. The number of amides is 2. The molecule has 2 aliphatic heterocycles. The van der Waals surface area contributed by atoms with Crippen LogP contribution in [-0.2, 0) is 19.1 Å². The number of nitrogens with one attached hydrogen (secondary N) is 1. The Morgan fingerprint density at radius 3 is 2.79 bits per heavy atom. The molecule has 7 nitrogen and oxygen atoms in total. The van der Waals surface area contributed by atoms with Crippen LogP contribution >= 0.6 is 11.8 Å². The van der Waals surface area contributed by atoms with Crippen molar-refractivity contribution in [2.75, 3.05) is 11.4 Å². The third-order valence-corrected chi connectivity index (χ3v) is 6.92. The van der Waals surface area contributed by atoms with Crippen LogP contribution in [0, 0.1) is 0 Å². The zero-order valence-electron chi connectivity index (χ0n) is 18.4. The highest BCUT2D eigenvalue weighted by molar-refractivity contribution is 8.03. The van der Waals surface area contributed by atoms with Gasteiger partial charge in [0.25, 0.3) is 5.91 Å². The van der Waals surface area contributed by atoms with Crippen LogP contribution in [0.15, 0.2) is 70.7 Å². The molecule has 2 aromatic carbocycles. The van der Waals surface area contributed by atoms with Gasteiger partial charge in [0.1, 0.15) is 0 Å². The van der Waals surface area contributed by atoms with Gasteiger partial charge in [-0.3, -0.25) is 24.7 Å². The molecular weight excluding hydrogens is 450 g/mol. The van der Waals surface area contributed by atoms with Crippen molar-refractivity contribution in [1.82, 2.24) is 10.3 Å². The van der Waals surface area contributed by atoms with Gasteiger partial charge in [-0.05, 0) is 48.7 Å². The normalized spacial score (nSPS) is 18.4. The molecule has 0 bridgehead atoms. The highest BCUT2D eigenvalue weighted by Crippen LogP contribution is 2.46. The number of carbonyl (C=O) groups is 3. The number of thioether (sulfide) groups is 1. The number of aromatic nitrogens is 1. The van der Waals surface area contributed by atoms with Gasteiger partial charge in [0, 0.05) is 29.4 Å². The molecule has 2 amide bonds. The molecule has 3 heterocycles. The number of benzene rings is 2. The van der Waals surface area contributed by atoms with E-state index in [9.17, 15) is 14.4 Å². The van der Waals surface area contributed by atoms with E-state index in [2.05, 4.69) is 39.5 Å². The second kappa shape index (κ2) is 9.69. The topological polar surface area (TPSA) is 88.6 Å². The van der Waals surface area contributed by atoms with Crippen molar-refractivity contribution in [3.63, 3.8) is 0 Å². The van der Waals surface area contributed by atoms with Gasteiger partial charge in [0.05, 0.1) is 22.7 Å². The lowest BCUT2D eigenvalue weighted by molar-refractivity contribution is -0.154. The van der Waals surface area contributed by atoms with Crippen LogP contribution in [0.4, 0.5) is 5.69 Å². The van der Waals surface area contributed by atoms with E-state index >= 15 is 0 Å². The van der Waals surface area contributed by atoms with Crippen LogP contribution in [0.1, 0.15) is 31.2 Å². The molecule has 1 fully saturated rings. The van der Waals surface area contributed by atoms with Crippen molar-refractivity contribution in [2.24, 2.45) is 0 Å². The fourth-order valence-electron chi connectivity index (χ4n) is 4.15. The second-order valence-corrected chi connectivity index (χ2v) is 9.24. The Labute approximate surface area is 201 Å². The first kappa shape index (κ1) is 22.2. The summed E-state index contributed by atoms with van der Waals surface area (Å²) in [5.74, 6) is -1.40. The molecular formula is C26H23N3O4S. The van der Waals surface area contributed by atoms with Gasteiger partial charge < -0.3 is 9.64 Å². The summed E-state index contributed by atoms with van der Waals surface area (Å²) in [5, 5.41) is 4.38. The summed E-state index contributed by atoms with van der Waals surface area (Å²) in [4.78, 5) is 42.9. The monoisotopic (exact) mass is 473 g/mol. The quantitative estimate of drug-likeness (QED) is 0.311. The molecule has 172 valence electrons. The number of imide groups is 1. The first-order valence-electron chi connectivity index (χ1n) is 11.2. The molecule has 5 rings (SSSR count). The van der Waals surface area contributed by atoms with Crippen LogP contribution in [0.5, 0.6) is 0 Å². The predicted molar refractivity (Wildman–Crippen MR) is 131 cm³/mol. The highest BCUT2D eigenvalue weighted by Gasteiger charge is 2.33. The first-order chi connectivity index (χ1) is 16.6.